The van der Waals surface area contributed by atoms with E-state index in [0.29, 0.717) is 0 Å². The lowest BCUT2D eigenvalue weighted by molar-refractivity contribution is -0.120. The first kappa shape index (κ1) is 11.4. The van der Waals surface area contributed by atoms with Crippen LogP contribution in [0.2, 0.25) is 0 Å². The van der Waals surface area contributed by atoms with Crippen molar-refractivity contribution >= 4 is 15.9 Å². The minimum Gasteiger partial charge on any atom is -0.353 e. The Balaban J connectivity index is 3.73. The van der Waals surface area contributed by atoms with Crippen LogP contribution in [-0.4, -0.2) is 33.2 Å². The van der Waals surface area contributed by atoms with Crippen LogP contribution in [0.1, 0.15) is 13.8 Å². The summed E-state index contributed by atoms with van der Waals surface area (Å²) in [5, 5.41) is 2.55. The molecule has 2 N–H and O–H groups in total. The standard InChI is InChI=1S/C6H14N2O3S/c1-5(2)8-6(9)4-7-12(3,10)11/h5,7H,4H2,1-3H3,(H,8,9). The van der Waals surface area contributed by atoms with Gasteiger partial charge in [0.15, 0.2) is 0 Å². The highest BCUT2D eigenvalue weighted by molar-refractivity contribution is 7.88. The van der Waals surface area contributed by atoms with Gasteiger partial charge in [0.2, 0.25) is 15.9 Å². The van der Waals surface area contributed by atoms with Crippen LogP contribution in [-0.2, 0) is 14.8 Å². The molecule has 12 heavy (non-hydrogen) atoms. The van der Waals surface area contributed by atoms with Gasteiger partial charge in [-0.2, -0.15) is 0 Å². The number of carbonyl (C=O) groups is 1. The van der Waals surface area contributed by atoms with Gasteiger partial charge in [-0.1, -0.05) is 0 Å². The summed E-state index contributed by atoms with van der Waals surface area (Å²) in [7, 11) is -3.27. The Hall–Kier alpha value is -0.620. The van der Waals surface area contributed by atoms with Crippen LogP contribution in [0.15, 0.2) is 0 Å². The van der Waals surface area contributed by atoms with Gasteiger partial charge in [0, 0.05) is 6.04 Å². The second-order valence-electron chi connectivity index (χ2n) is 2.82. The van der Waals surface area contributed by atoms with Crippen LogP contribution in [0.5, 0.6) is 0 Å². The van der Waals surface area contributed by atoms with Gasteiger partial charge in [0.25, 0.3) is 0 Å². The van der Waals surface area contributed by atoms with Crippen LogP contribution in [0.3, 0.4) is 0 Å². The Morgan fingerprint density at radius 1 is 1.42 bits per heavy atom. The first-order valence-electron chi connectivity index (χ1n) is 3.55. The number of nitrogens with one attached hydrogen (secondary N) is 2. The topological polar surface area (TPSA) is 75.3 Å². The lowest BCUT2D eigenvalue weighted by Gasteiger charge is -2.07. The predicted molar refractivity (Wildman–Crippen MR) is 46.1 cm³/mol. The number of amides is 1. The van der Waals surface area contributed by atoms with E-state index in [-0.39, 0.29) is 18.5 Å². The summed E-state index contributed by atoms with van der Waals surface area (Å²) in [6, 6.07) is 0.0267. The molecule has 0 atom stereocenters. The summed E-state index contributed by atoms with van der Waals surface area (Å²) in [6.45, 7) is 3.41. The third-order valence-electron chi connectivity index (χ3n) is 0.945. The third kappa shape index (κ3) is 7.49. The van der Waals surface area contributed by atoms with E-state index in [1.54, 1.807) is 13.8 Å². The van der Waals surface area contributed by atoms with E-state index in [1.165, 1.54) is 0 Å². The Labute approximate surface area is 72.6 Å². The maximum absolute atomic E-state index is 10.9. The molecule has 0 aromatic heterocycles. The van der Waals surface area contributed by atoms with Gasteiger partial charge in [0.05, 0.1) is 12.8 Å². The van der Waals surface area contributed by atoms with Crippen molar-refractivity contribution < 1.29 is 13.2 Å². The molecule has 0 spiro atoms. The minimum absolute atomic E-state index is 0.0267. The zero-order chi connectivity index (χ0) is 9.78. The molecule has 0 aliphatic heterocycles. The Morgan fingerprint density at radius 3 is 2.25 bits per heavy atom. The molecule has 0 fully saturated rings. The smallest absolute Gasteiger partial charge is 0.235 e. The second kappa shape index (κ2) is 4.42. The van der Waals surface area contributed by atoms with Crippen molar-refractivity contribution in [3.8, 4) is 0 Å². The summed E-state index contributed by atoms with van der Waals surface area (Å²) in [4.78, 5) is 10.9. The van der Waals surface area contributed by atoms with Gasteiger partial charge in [-0.25, -0.2) is 13.1 Å². The van der Waals surface area contributed by atoms with Crippen molar-refractivity contribution in [2.24, 2.45) is 0 Å². The molecule has 0 rings (SSSR count). The first-order chi connectivity index (χ1) is 5.31. The van der Waals surface area contributed by atoms with Crippen LogP contribution in [0, 0.1) is 0 Å². The average molecular weight is 194 g/mol. The maximum Gasteiger partial charge on any atom is 0.235 e. The fourth-order valence-corrected chi connectivity index (χ4v) is 0.963. The number of hydrogen-bond donors (Lipinski definition) is 2. The van der Waals surface area contributed by atoms with E-state index < -0.39 is 10.0 Å². The third-order valence-corrected chi connectivity index (χ3v) is 1.61. The highest BCUT2D eigenvalue weighted by atomic mass is 32.2. The fourth-order valence-electron chi connectivity index (χ4n) is 0.570. The zero-order valence-electron chi connectivity index (χ0n) is 7.42. The molecule has 0 bridgehead atoms. The molecule has 0 heterocycles. The SMILES string of the molecule is CC(C)NC(=O)CNS(C)(=O)=O. The van der Waals surface area contributed by atoms with Crippen molar-refractivity contribution in [3.63, 3.8) is 0 Å². The monoisotopic (exact) mass is 194 g/mol. The maximum atomic E-state index is 10.9. The van der Waals surface area contributed by atoms with E-state index in [0.717, 1.165) is 6.26 Å². The molecule has 0 aliphatic carbocycles. The van der Waals surface area contributed by atoms with Gasteiger partial charge < -0.3 is 5.32 Å². The second-order valence-corrected chi connectivity index (χ2v) is 4.65. The lowest BCUT2D eigenvalue weighted by Crippen LogP contribution is -2.39. The van der Waals surface area contributed by atoms with E-state index in [2.05, 4.69) is 10.0 Å². The van der Waals surface area contributed by atoms with E-state index in [1.807, 2.05) is 0 Å². The summed E-state index contributed by atoms with van der Waals surface area (Å²) in [5.74, 6) is -0.324. The minimum atomic E-state index is -3.27. The molecule has 0 aliphatic rings. The van der Waals surface area contributed by atoms with Crippen molar-refractivity contribution in [3.05, 3.63) is 0 Å². The van der Waals surface area contributed by atoms with Crippen molar-refractivity contribution in [1.82, 2.24) is 10.0 Å². The summed E-state index contributed by atoms with van der Waals surface area (Å²) in [6.07, 6.45) is 1.01. The molecule has 0 aromatic rings. The highest BCUT2D eigenvalue weighted by Gasteiger charge is 2.06. The molecule has 72 valence electrons. The van der Waals surface area contributed by atoms with Gasteiger partial charge in [0.1, 0.15) is 0 Å². The molecule has 1 amide bonds. The molecular formula is C6H14N2O3S. The van der Waals surface area contributed by atoms with Crippen LogP contribution in [0.25, 0.3) is 0 Å². The molecule has 0 saturated carbocycles. The van der Waals surface area contributed by atoms with Gasteiger partial charge in [-0.15, -0.1) is 0 Å². The van der Waals surface area contributed by atoms with Crippen molar-refractivity contribution in [2.75, 3.05) is 12.8 Å². The lowest BCUT2D eigenvalue weighted by atomic mass is 10.4. The number of hydrogen-bond acceptors (Lipinski definition) is 3. The number of rotatable bonds is 4. The Kier molecular flexibility index (Phi) is 4.19. The molecular weight excluding hydrogens is 180 g/mol. The largest absolute Gasteiger partial charge is 0.353 e. The molecule has 0 saturated heterocycles. The van der Waals surface area contributed by atoms with Crippen molar-refractivity contribution in [2.45, 2.75) is 19.9 Å². The van der Waals surface area contributed by atoms with E-state index >= 15 is 0 Å². The van der Waals surface area contributed by atoms with Crippen LogP contribution in [0.4, 0.5) is 0 Å². The average Bonchev–Trinajstić information content (AvgIpc) is 1.80. The van der Waals surface area contributed by atoms with Crippen LogP contribution < -0.4 is 10.0 Å². The first-order valence-corrected chi connectivity index (χ1v) is 5.44. The Bertz CT molecular complexity index is 246. The van der Waals surface area contributed by atoms with Crippen molar-refractivity contribution in [1.29, 1.82) is 0 Å². The quantitative estimate of drug-likeness (QED) is 0.606. The molecule has 0 radical (unpaired) electrons. The highest BCUT2D eigenvalue weighted by Crippen LogP contribution is 1.77. The zero-order valence-corrected chi connectivity index (χ0v) is 8.23. The normalized spacial score (nSPS) is 11.7. The van der Waals surface area contributed by atoms with E-state index in [4.69, 9.17) is 0 Å². The molecule has 0 aromatic carbocycles. The fraction of sp³-hybridized carbons (Fsp3) is 0.833. The van der Waals surface area contributed by atoms with Gasteiger partial charge in [-0.3, -0.25) is 4.79 Å². The number of carbonyl (C=O) groups excluding carboxylic acids is 1. The molecule has 5 nitrogen and oxygen atoms in total. The number of sulfonamides is 1. The summed E-state index contributed by atoms with van der Waals surface area (Å²) < 4.78 is 23.1. The molecule has 6 heteroatoms. The van der Waals surface area contributed by atoms with E-state index in [9.17, 15) is 13.2 Å². The van der Waals surface area contributed by atoms with Gasteiger partial charge in [-0.05, 0) is 13.8 Å². The predicted octanol–water partition coefficient (Wildman–Crippen LogP) is -0.940. The molecule has 0 unspecified atom stereocenters. The summed E-state index contributed by atoms with van der Waals surface area (Å²) >= 11 is 0. The van der Waals surface area contributed by atoms with Gasteiger partial charge >= 0.3 is 0 Å². The Morgan fingerprint density at radius 2 is 1.92 bits per heavy atom. The summed E-state index contributed by atoms with van der Waals surface area (Å²) in [5.41, 5.74) is 0. The van der Waals surface area contributed by atoms with Crippen LogP contribution >= 0.6 is 0 Å².